The number of hydrogen-bond donors (Lipinski definition) is 0. The van der Waals surface area contributed by atoms with Crippen molar-refractivity contribution in [1.29, 1.82) is 0 Å². The van der Waals surface area contributed by atoms with Crippen LogP contribution in [0.5, 0.6) is 5.75 Å². The largest absolute Gasteiger partial charge is 0.497 e. The van der Waals surface area contributed by atoms with Crippen molar-refractivity contribution in [3.05, 3.63) is 77.9 Å². The lowest BCUT2D eigenvalue weighted by atomic mass is 9.98. The van der Waals surface area contributed by atoms with Gasteiger partial charge in [0.25, 0.3) is 0 Å². The summed E-state index contributed by atoms with van der Waals surface area (Å²) in [4.78, 5) is 0. The van der Waals surface area contributed by atoms with Crippen molar-refractivity contribution in [2.24, 2.45) is 0 Å². The topological polar surface area (TPSA) is 9.23 Å². The highest BCUT2D eigenvalue weighted by Gasteiger charge is 2.21. The van der Waals surface area contributed by atoms with Crippen LogP contribution >= 0.6 is 0 Å². The Kier molecular flexibility index (Phi) is 2.54. The van der Waals surface area contributed by atoms with Crippen molar-refractivity contribution in [2.45, 2.75) is 6.42 Å². The van der Waals surface area contributed by atoms with Gasteiger partial charge in [-0.3, -0.25) is 0 Å². The molecule has 0 atom stereocenters. The average molecular weight is 296 g/mol. The van der Waals surface area contributed by atoms with Crippen LogP contribution in [-0.4, -0.2) is 7.11 Å². The van der Waals surface area contributed by atoms with E-state index in [0.29, 0.717) is 0 Å². The van der Waals surface area contributed by atoms with Crippen LogP contribution in [0, 0.1) is 0 Å². The Morgan fingerprint density at radius 3 is 2.52 bits per heavy atom. The molecule has 0 heterocycles. The highest BCUT2D eigenvalue weighted by molar-refractivity contribution is 5.98. The maximum absolute atomic E-state index is 5.37. The maximum Gasteiger partial charge on any atom is 0.119 e. The Morgan fingerprint density at radius 2 is 1.61 bits per heavy atom. The fraction of sp³-hybridized carbons (Fsp3) is 0.0909. The summed E-state index contributed by atoms with van der Waals surface area (Å²) in [6.45, 7) is 0. The van der Waals surface area contributed by atoms with E-state index < -0.39 is 0 Å². The van der Waals surface area contributed by atoms with E-state index in [2.05, 4.69) is 60.7 Å². The molecule has 5 rings (SSSR count). The zero-order chi connectivity index (χ0) is 15.4. The summed E-state index contributed by atoms with van der Waals surface area (Å²) >= 11 is 0. The van der Waals surface area contributed by atoms with Gasteiger partial charge in [0.1, 0.15) is 5.75 Å². The molecule has 0 N–H and O–H groups in total. The molecule has 0 saturated carbocycles. The van der Waals surface area contributed by atoms with Crippen LogP contribution in [0.25, 0.3) is 32.7 Å². The van der Waals surface area contributed by atoms with Gasteiger partial charge < -0.3 is 4.74 Å². The molecule has 4 aromatic rings. The van der Waals surface area contributed by atoms with E-state index in [1.807, 2.05) is 6.07 Å². The van der Waals surface area contributed by atoms with Crippen molar-refractivity contribution in [1.82, 2.24) is 0 Å². The molecule has 1 aliphatic rings. The number of rotatable bonds is 1. The zero-order valence-electron chi connectivity index (χ0n) is 13.0. The molecule has 1 heteroatoms. The van der Waals surface area contributed by atoms with Crippen molar-refractivity contribution in [3.8, 4) is 16.9 Å². The minimum atomic E-state index is 0.911. The van der Waals surface area contributed by atoms with Crippen LogP contribution in [0.15, 0.2) is 66.7 Å². The molecule has 4 aromatic carbocycles. The van der Waals surface area contributed by atoms with Crippen LogP contribution in [0.4, 0.5) is 0 Å². The molecule has 0 unspecified atom stereocenters. The summed E-state index contributed by atoms with van der Waals surface area (Å²) in [5.74, 6) is 0.911. The predicted molar refractivity (Wildman–Crippen MR) is 96.2 cm³/mol. The molecule has 1 aliphatic carbocycles. The zero-order valence-corrected chi connectivity index (χ0v) is 13.0. The molecule has 0 amide bonds. The predicted octanol–water partition coefficient (Wildman–Crippen LogP) is 5.57. The number of hydrogen-bond acceptors (Lipinski definition) is 1. The molecule has 0 radical (unpaired) electrons. The van der Waals surface area contributed by atoms with Crippen molar-refractivity contribution < 1.29 is 4.74 Å². The number of fused-ring (bicyclic) bond motifs is 6. The molecular formula is C22H16O. The highest BCUT2D eigenvalue weighted by atomic mass is 16.5. The maximum atomic E-state index is 5.37. The normalized spacial score (nSPS) is 12.4. The molecular weight excluding hydrogens is 280 g/mol. The van der Waals surface area contributed by atoms with Gasteiger partial charge in [-0.25, -0.2) is 0 Å². The first-order chi connectivity index (χ1) is 11.3. The Balaban J connectivity index is 1.80. The number of methoxy groups -OCH3 is 1. The van der Waals surface area contributed by atoms with Crippen LogP contribution < -0.4 is 4.74 Å². The van der Waals surface area contributed by atoms with Gasteiger partial charge in [0.15, 0.2) is 0 Å². The SMILES string of the molecule is COc1ccc2cc3c(cc2c1)-c1ccc2ccccc2c1C3. The molecule has 0 fully saturated rings. The monoisotopic (exact) mass is 296 g/mol. The minimum Gasteiger partial charge on any atom is -0.497 e. The second kappa shape index (κ2) is 4.60. The lowest BCUT2D eigenvalue weighted by Gasteiger charge is -2.07. The fourth-order valence-electron chi connectivity index (χ4n) is 3.82. The molecule has 0 bridgehead atoms. The molecule has 0 aliphatic heterocycles. The van der Waals surface area contributed by atoms with Crippen LogP contribution in [0.3, 0.4) is 0 Å². The van der Waals surface area contributed by atoms with Gasteiger partial charge in [0.2, 0.25) is 0 Å². The van der Waals surface area contributed by atoms with E-state index in [9.17, 15) is 0 Å². The molecule has 110 valence electrons. The average Bonchev–Trinajstić information content (AvgIpc) is 2.97. The van der Waals surface area contributed by atoms with E-state index in [4.69, 9.17) is 4.74 Å². The van der Waals surface area contributed by atoms with Gasteiger partial charge in [-0.05, 0) is 68.4 Å². The lowest BCUT2D eigenvalue weighted by Crippen LogP contribution is -1.85. The van der Waals surface area contributed by atoms with Gasteiger partial charge in [0, 0.05) is 0 Å². The second-order valence-electron chi connectivity index (χ2n) is 6.21. The van der Waals surface area contributed by atoms with Gasteiger partial charge in [-0.15, -0.1) is 0 Å². The Hall–Kier alpha value is -2.80. The van der Waals surface area contributed by atoms with E-state index >= 15 is 0 Å². The summed E-state index contributed by atoms with van der Waals surface area (Å²) < 4.78 is 5.37. The summed E-state index contributed by atoms with van der Waals surface area (Å²) in [5.41, 5.74) is 5.63. The molecule has 23 heavy (non-hydrogen) atoms. The van der Waals surface area contributed by atoms with Gasteiger partial charge in [-0.2, -0.15) is 0 Å². The van der Waals surface area contributed by atoms with Crippen molar-refractivity contribution >= 4 is 21.5 Å². The molecule has 0 aromatic heterocycles. The third-order valence-corrected chi connectivity index (χ3v) is 4.97. The van der Waals surface area contributed by atoms with E-state index in [-0.39, 0.29) is 0 Å². The van der Waals surface area contributed by atoms with Crippen LogP contribution in [-0.2, 0) is 6.42 Å². The lowest BCUT2D eigenvalue weighted by molar-refractivity contribution is 0.415. The third kappa shape index (κ3) is 1.80. The van der Waals surface area contributed by atoms with Crippen LogP contribution in [0.1, 0.15) is 11.1 Å². The second-order valence-corrected chi connectivity index (χ2v) is 6.21. The molecule has 1 nitrogen and oxygen atoms in total. The standard InChI is InChI=1S/C22H16O/c1-23-18-8-6-15-10-17-13-22-19-5-3-2-4-14(19)7-9-20(22)21(17)12-16(15)11-18/h2-12H,13H2,1H3. The van der Waals surface area contributed by atoms with Gasteiger partial charge in [-0.1, -0.05) is 48.5 Å². The Bertz CT molecular complexity index is 1080. The van der Waals surface area contributed by atoms with Crippen molar-refractivity contribution in [3.63, 3.8) is 0 Å². The van der Waals surface area contributed by atoms with Gasteiger partial charge >= 0.3 is 0 Å². The quantitative estimate of drug-likeness (QED) is 0.393. The first kappa shape index (κ1) is 12.7. The summed E-state index contributed by atoms with van der Waals surface area (Å²) in [7, 11) is 1.72. The number of benzene rings is 4. The smallest absolute Gasteiger partial charge is 0.119 e. The summed E-state index contributed by atoms with van der Waals surface area (Å²) in [5, 5.41) is 5.22. The Morgan fingerprint density at radius 1 is 0.739 bits per heavy atom. The van der Waals surface area contributed by atoms with E-state index in [0.717, 1.165) is 12.2 Å². The number of ether oxygens (including phenoxy) is 1. The third-order valence-electron chi connectivity index (χ3n) is 4.97. The summed E-state index contributed by atoms with van der Waals surface area (Å²) in [6.07, 6.45) is 1.02. The first-order valence-corrected chi connectivity index (χ1v) is 7.95. The summed E-state index contributed by atoms with van der Waals surface area (Å²) in [6, 6.07) is 24.1. The Labute approximate surface area is 135 Å². The van der Waals surface area contributed by atoms with Crippen molar-refractivity contribution in [2.75, 3.05) is 7.11 Å². The van der Waals surface area contributed by atoms with E-state index in [1.165, 1.54) is 43.8 Å². The minimum absolute atomic E-state index is 0.911. The highest BCUT2D eigenvalue weighted by Crippen LogP contribution is 2.42. The first-order valence-electron chi connectivity index (χ1n) is 7.95. The molecule has 0 spiro atoms. The van der Waals surface area contributed by atoms with E-state index in [1.54, 1.807) is 7.11 Å². The fourth-order valence-corrected chi connectivity index (χ4v) is 3.82. The van der Waals surface area contributed by atoms with Crippen LogP contribution in [0.2, 0.25) is 0 Å². The van der Waals surface area contributed by atoms with Gasteiger partial charge in [0.05, 0.1) is 7.11 Å². The molecule has 0 saturated heterocycles.